The first-order valence-corrected chi connectivity index (χ1v) is 6.66. The molecule has 0 bridgehead atoms. The fourth-order valence-electron chi connectivity index (χ4n) is 1.77. The zero-order valence-electron chi connectivity index (χ0n) is 11.4. The smallest absolute Gasteiger partial charge is 0.223 e. The summed E-state index contributed by atoms with van der Waals surface area (Å²) < 4.78 is 5.09. The third-order valence-electron chi connectivity index (χ3n) is 2.87. The van der Waals surface area contributed by atoms with Gasteiger partial charge in [-0.25, -0.2) is 0 Å². The number of likely N-dealkylation sites (N-methyl/N-ethyl adjacent to an activating group) is 1. The Morgan fingerprint density at radius 1 is 1.37 bits per heavy atom. The molecule has 0 aliphatic heterocycles. The number of thiocarbonyl (C=S) groups is 1. The molecule has 0 atom stereocenters. The highest BCUT2D eigenvalue weighted by molar-refractivity contribution is 7.80. The maximum Gasteiger partial charge on any atom is 0.223 e. The van der Waals surface area contributed by atoms with Crippen molar-refractivity contribution in [3.05, 3.63) is 29.8 Å². The van der Waals surface area contributed by atoms with E-state index in [4.69, 9.17) is 22.7 Å². The summed E-state index contributed by atoms with van der Waals surface area (Å²) in [5, 5.41) is 0. The molecule has 4 nitrogen and oxygen atoms in total. The van der Waals surface area contributed by atoms with E-state index < -0.39 is 0 Å². The van der Waals surface area contributed by atoms with Crippen LogP contribution in [0.5, 0.6) is 5.75 Å². The van der Waals surface area contributed by atoms with E-state index in [1.165, 1.54) is 0 Å². The van der Waals surface area contributed by atoms with Crippen molar-refractivity contribution >= 4 is 23.1 Å². The number of nitrogens with two attached hydrogens (primary N) is 1. The maximum atomic E-state index is 12.0. The molecule has 5 heteroatoms. The van der Waals surface area contributed by atoms with E-state index in [9.17, 15) is 4.79 Å². The molecule has 0 aromatic heterocycles. The number of benzene rings is 1. The highest BCUT2D eigenvalue weighted by atomic mass is 32.1. The van der Waals surface area contributed by atoms with Crippen molar-refractivity contribution in [1.29, 1.82) is 0 Å². The van der Waals surface area contributed by atoms with Gasteiger partial charge in [0.25, 0.3) is 0 Å². The van der Waals surface area contributed by atoms with Crippen molar-refractivity contribution in [2.45, 2.75) is 19.8 Å². The summed E-state index contributed by atoms with van der Waals surface area (Å²) in [5.41, 5.74) is 6.58. The molecular weight excluding hydrogens is 260 g/mol. The average Bonchev–Trinajstić information content (AvgIpc) is 2.42. The fourth-order valence-corrected chi connectivity index (χ4v) is 1.92. The lowest BCUT2D eigenvalue weighted by Crippen LogP contribution is -2.37. The SMILES string of the molecule is CCN(CC(N)=S)C(=O)CCc1ccc(OC)cc1. The van der Waals surface area contributed by atoms with Crippen molar-refractivity contribution in [2.24, 2.45) is 5.73 Å². The minimum Gasteiger partial charge on any atom is -0.497 e. The lowest BCUT2D eigenvalue weighted by molar-refractivity contribution is -0.130. The molecule has 2 N–H and O–H groups in total. The Hall–Kier alpha value is -1.62. The van der Waals surface area contributed by atoms with Gasteiger partial charge in [-0.05, 0) is 31.0 Å². The van der Waals surface area contributed by atoms with Crippen molar-refractivity contribution in [3.8, 4) is 5.75 Å². The predicted molar refractivity (Wildman–Crippen MR) is 80.4 cm³/mol. The number of hydrogen-bond acceptors (Lipinski definition) is 3. The molecule has 0 unspecified atom stereocenters. The van der Waals surface area contributed by atoms with E-state index in [0.29, 0.717) is 30.9 Å². The van der Waals surface area contributed by atoms with Gasteiger partial charge in [-0.2, -0.15) is 0 Å². The van der Waals surface area contributed by atoms with E-state index in [2.05, 4.69) is 0 Å². The number of ether oxygens (including phenoxy) is 1. The highest BCUT2D eigenvalue weighted by Gasteiger charge is 2.12. The van der Waals surface area contributed by atoms with Crippen LogP contribution in [-0.4, -0.2) is 36.0 Å². The van der Waals surface area contributed by atoms with Gasteiger partial charge in [-0.3, -0.25) is 4.79 Å². The van der Waals surface area contributed by atoms with Gasteiger partial charge in [0.1, 0.15) is 5.75 Å². The summed E-state index contributed by atoms with van der Waals surface area (Å²) in [6.07, 6.45) is 1.17. The van der Waals surface area contributed by atoms with Gasteiger partial charge in [0.15, 0.2) is 0 Å². The molecule has 1 amide bonds. The van der Waals surface area contributed by atoms with Crippen molar-refractivity contribution in [1.82, 2.24) is 4.90 Å². The van der Waals surface area contributed by atoms with E-state index in [0.717, 1.165) is 11.3 Å². The Kier molecular flexibility index (Phi) is 6.29. The van der Waals surface area contributed by atoms with Crippen LogP contribution in [0.15, 0.2) is 24.3 Å². The maximum absolute atomic E-state index is 12.0. The molecule has 0 aliphatic carbocycles. The molecule has 0 spiro atoms. The quantitative estimate of drug-likeness (QED) is 0.773. The number of nitrogens with zero attached hydrogens (tertiary/aromatic N) is 1. The van der Waals surface area contributed by atoms with E-state index >= 15 is 0 Å². The Morgan fingerprint density at radius 3 is 2.47 bits per heavy atom. The van der Waals surface area contributed by atoms with Crippen LogP contribution in [-0.2, 0) is 11.2 Å². The van der Waals surface area contributed by atoms with Gasteiger partial charge in [0, 0.05) is 13.0 Å². The van der Waals surface area contributed by atoms with E-state index in [-0.39, 0.29) is 5.91 Å². The number of rotatable bonds is 7. The van der Waals surface area contributed by atoms with Gasteiger partial charge < -0.3 is 15.4 Å². The molecule has 104 valence electrons. The summed E-state index contributed by atoms with van der Waals surface area (Å²) in [6.45, 7) is 2.90. The number of methoxy groups -OCH3 is 1. The Balaban J connectivity index is 2.49. The second kappa shape index (κ2) is 7.74. The fraction of sp³-hybridized carbons (Fsp3) is 0.429. The standard InChI is InChI=1S/C14H20N2O2S/c1-3-16(10-13(15)19)14(17)9-6-11-4-7-12(18-2)8-5-11/h4-5,7-8H,3,6,9-10H2,1-2H3,(H2,15,19). The van der Waals surface area contributed by atoms with E-state index in [1.54, 1.807) is 12.0 Å². The molecule has 1 aromatic rings. The van der Waals surface area contributed by atoms with Gasteiger partial charge in [-0.15, -0.1) is 0 Å². The number of amides is 1. The molecule has 0 heterocycles. The molecule has 0 saturated heterocycles. The Bertz CT molecular complexity index is 432. The van der Waals surface area contributed by atoms with Crippen LogP contribution in [0.2, 0.25) is 0 Å². The van der Waals surface area contributed by atoms with Gasteiger partial charge in [0.05, 0.1) is 18.6 Å². The molecule has 1 aromatic carbocycles. The lowest BCUT2D eigenvalue weighted by Gasteiger charge is -2.20. The van der Waals surface area contributed by atoms with Gasteiger partial charge >= 0.3 is 0 Å². The van der Waals surface area contributed by atoms with Crippen LogP contribution >= 0.6 is 12.2 Å². The average molecular weight is 280 g/mol. The molecular formula is C14H20N2O2S. The Morgan fingerprint density at radius 2 is 2.00 bits per heavy atom. The monoisotopic (exact) mass is 280 g/mol. The Labute approximate surface area is 119 Å². The first kappa shape index (κ1) is 15.4. The summed E-state index contributed by atoms with van der Waals surface area (Å²) >= 11 is 4.83. The van der Waals surface area contributed by atoms with Crippen LogP contribution in [0.25, 0.3) is 0 Å². The third-order valence-corrected chi connectivity index (χ3v) is 3.00. The second-order valence-corrected chi connectivity index (χ2v) is 4.75. The number of carbonyl (C=O) groups excluding carboxylic acids is 1. The minimum absolute atomic E-state index is 0.0751. The largest absolute Gasteiger partial charge is 0.497 e. The normalized spacial score (nSPS) is 10.0. The third kappa shape index (κ3) is 5.26. The van der Waals surface area contributed by atoms with Crippen LogP contribution < -0.4 is 10.5 Å². The lowest BCUT2D eigenvalue weighted by atomic mass is 10.1. The molecule has 0 radical (unpaired) electrons. The predicted octanol–water partition coefficient (Wildman–Crippen LogP) is 1.76. The van der Waals surface area contributed by atoms with E-state index in [1.807, 2.05) is 31.2 Å². The summed E-state index contributed by atoms with van der Waals surface area (Å²) in [6, 6.07) is 7.73. The molecule has 1 rings (SSSR count). The summed E-state index contributed by atoms with van der Waals surface area (Å²) in [7, 11) is 1.63. The topological polar surface area (TPSA) is 55.6 Å². The van der Waals surface area contributed by atoms with Crippen molar-refractivity contribution < 1.29 is 9.53 Å². The van der Waals surface area contributed by atoms with Crippen LogP contribution in [0.1, 0.15) is 18.9 Å². The number of aryl methyl sites for hydroxylation is 1. The van der Waals surface area contributed by atoms with Crippen LogP contribution in [0.4, 0.5) is 0 Å². The second-order valence-electron chi connectivity index (χ2n) is 4.22. The summed E-state index contributed by atoms with van der Waals surface area (Å²) in [5.74, 6) is 0.893. The van der Waals surface area contributed by atoms with Crippen molar-refractivity contribution in [2.75, 3.05) is 20.2 Å². The first-order valence-electron chi connectivity index (χ1n) is 6.25. The zero-order valence-corrected chi connectivity index (χ0v) is 12.2. The van der Waals surface area contributed by atoms with Crippen LogP contribution in [0, 0.1) is 0 Å². The van der Waals surface area contributed by atoms with Gasteiger partial charge in [-0.1, -0.05) is 24.4 Å². The minimum atomic E-state index is 0.0751. The number of hydrogen-bond donors (Lipinski definition) is 1. The highest BCUT2D eigenvalue weighted by Crippen LogP contribution is 2.13. The molecule has 0 aliphatic rings. The molecule has 0 saturated carbocycles. The number of carbonyl (C=O) groups is 1. The molecule has 0 fully saturated rings. The molecule has 19 heavy (non-hydrogen) atoms. The first-order chi connectivity index (χ1) is 9.06. The zero-order chi connectivity index (χ0) is 14.3. The summed E-state index contributed by atoms with van der Waals surface area (Å²) in [4.78, 5) is 14.0. The van der Waals surface area contributed by atoms with Crippen LogP contribution in [0.3, 0.4) is 0 Å². The van der Waals surface area contributed by atoms with Crippen molar-refractivity contribution in [3.63, 3.8) is 0 Å². The van der Waals surface area contributed by atoms with Gasteiger partial charge in [0.2, 0.25) is 5.91 Å².